The van der Waals surface area contributed by atoms with E-state index in [0.29, 0.717) is 12.8 Å². The molecule has 0 saturated carbocycles. The van der Waals surface area contributed by atoms with Crippen LogP contribution in [0.4, 0.5) is 26.7 Å². The van der Waals surface area contributed by atoms with E-state index >= 15 is 0 Å². The Kier molecular flexibility index (Phi) is 5.36. The minimum Gasteiger partial charge on any atom is -0.331 e. The number of nitrogens with zero attached hydrogens (tertiary/aromatic N) is 1. The summed E-state index contributed by atoms with van der Waals surface area (Å²) in [6.07, 6.45) is -3.86. The van der Waals surface area contributed by atoms with Crippen molar-refractivity contribution in [3.05, 3.63) is 0 Å². The first-order chi connectivity index (χ1) is 9.46. The zero-order chi connectivity index (χ0) is 16.3. The van der Waals surface area contributed by atoms with E-state index in [2.05, 4.69) is 0 Å². The number of carbonyl (C=O) groups is 1. The maximum absolute atomic E-state index is 12.6. The van der Waals surface area contributed by atoms with Crippen LogP contribution in [0.3, 0.4) is 0 Å². The Morgan fingerprint density at radius 2 is 1.57 bits per heavy atom. The monoisotopic (exact) mass is 339 g/mol. The van der Waals surface area contributed by atoms with Gasteiger partial charge in [0.15, 0.2) is 0 Å². The lowest BCUT2D eigenvalue weighted by Crippen LogP contribution is -2.52. The summed E-state index contributed by atoms with van der Waals surface area (Å²) in [6.45, 7) is -1.74. The number of alkyl halides is 5. The molecule has 0 radical (unpaired) electrons. The lowest BCUT2D eigenvalue weighted by atomic mass is 10.2. The fraction of sp³-hybridized carbons (Fsp3) is 0.889. The number of halogens is 5. The maximum Gasteiger partial charge on any atom is 0.455 e. The zero-order valence-electron chi connectivity index (χ0n) is 10.7. The van der Waals surface area contributed by atoms with Crippen LogP contribution in [-0.2, 0) is 10.2 Å². The second-order valence-electron chi connectivity index (χ2n) is 4.45. The highest BCUT2D eigenvalue weighted by Crippen LogP contribution is 2.34. The van der Waals surface area contributed by atoms with E-state index in [9.17, 15) is 35.2 Å². The second kappa shape index (κ2) is 6.30. The molecule has 1 aliphatic rings. The summed E-state index contributed by atoms with van der Waals surface area (Å²) in [7, 11) is -4.24. The standard InChI is InChI=1S/C9H14F5N3O3S/c10-8(11,9(12,13)14)6-15-7(18)16-21(19,20)17-4-2-1-3-5-17/h1-6H2,(H2,15,16,18). The van der Waals surface area contributed by atoms with E-state index in [1.54, 1.807) is 0 Å². The van der Waals surface area contributed by atoms with Gasteiger partial charge in [0, 0.05) is 13.1 Å². The first-order valence-corrected chi connectivity index (χ1v) is 7.40. The third kappa shape index (κ3) is 4.95. The molecule has 0 aromatic carbocycles. The van der Waals surface area contributed by atoms with Gasteiger partial charge < -0.3 is 5.32 Å². The molecule has 2 amide bonds. The number of hydrogen-bond donors (Lipinski definition) is 2. The largest absolute Gasteiger partial charge is 0.455 e. The molecular weight excluding hydrogens is 325 g/mol. The topological polar surface area (TPSA) is 78.5 Å². The Bertz CT molecular complexity index is 474. The molecule has 1 fully saturated rings. The van der Waals surface area contributed by atoms with Crippen LogP contribution in [0, 0.1) is 0 Å². The molecule has 1 saturated heterocycles. The smallest absolute Gasteiger partial charge is 0.331 e. The van der Waals surface area contributed by atoms with E-state index in [1.807, 2.05) is 0 Å². The molecule has 1 rings (SSSR count). The molecule has 21 heavy (non-hydrogen) atoms. The van der Waals surface area contributed by atoms with Gasteiger partial charge in [-0.25, -0.2) is 9.52 Å². The highest BCUT2D eigenvalue weighted by atomic mass is 32.2. The SMILES string of the molecule is O=C(NCC(F)(F)C(F)(F)F)NS(=O)(=O)N1CCCCC1. The molecule has 0 spiro atoms. The molecule has 0 aliphatic carbocycles. The van der Waals surface area contributed by atoms with Crippen molar-refractivity contribution >= 4 is 16.2 Å². The summed E-state index contributed by atoms with van der Waals surface area (Å²) in [5.74, 6) is -5.14. The number of rotatable bonds is 4. The Labute approximate surface area is 117 Å². The van der Waals surface area contributed by atoms with Crippen molar-refractivity contribution < 1.29 is 35.2 Å². The molecule has 0 aromatic rings. The van der Waals surface area contributed by atoms with Crippen LogP contribution in [0.1, 0.15) is 19.3 Å². The summed E-state index contributed by atoms with van der Waals surface area (Å²) in [5.41, 5.74) is 0. The fourth-order valence-corrected chi connectivity index (χ4v) is 2.79. The highest BCUT2D eigenvalue weighted by Gasteiger charge is 2.57. The molecule has 12 heteroatoms. The normalized spacial score (nSPS) is 18.3. The number of hydrogen-bond acceptors (Lipinski definition) is 3. The predicted molar refractivity (Wildman–Crippen MR) is 61.9 cm³/mol. The summed E-state index contributed by atoms with van der Waals surface area (Å²) < 4.78 is 86.3. The number of nitrogens with one attached hydrogen (secondary N) is 2. The van der Waals surface area contributed by atoms with Gasteiger partial charge in [0.25, 0.3) is 0 Å². The Balaban J connectivity index is 2.53. The van der Waals surface area contributed by atoms with Gasteiger partial charge >= 0.3 is 28.3 Å². The van der Waals surface area contributed by atoms with Crippen LogP contribution >= 0.6 is 0 Å². The molecule has 6 nitrogen and oxygen atoms in total. The molecular formula is C9H14F5N3O3S. The molecule has 0 unspecified atom stereocenters. The van der Waals surface area contributed by atoms with Crippen molar-refractivity contribution in [1.82, 2.24) is 14.3 Å². The first-order valence-electron chi connectivity index (χ1n) is 5.96. The lowest BCUT2D eigenvalue weighted by molar-refractivity contribution is -0.278. The molecule has 0 atom stereocenters. The van der Waals surface area contributed by atoms with E-state index in [4.69, 9.17) is 0 Å². The molecule has 1 heterocycles. The van der Waals surface area contributed by atoms with E-state index in [-0.39, 0.29) is 13.1 Å². The van der Waals surface area contributed by atoms with Gasteiger partial charge in [-0.15, -0.1) is 0 Å². The third-order valence-corrected chi connectivity index (χ3v) is 4.25. The van der Waals surface area contributed by atoms with Crippen LogP contribution < -0.4 is 10.0 Å². The average Bonchev–Trinajstić information content (AvgIpc) is 2.36. The first kappa shape index (κ1) is 17.9. The van der Waals surface area contributed by atoms with Gasteiger partial charge in [0.1, 0.15) is 0 Å². The van der Waals surface area contributed by atoms with Crippen molar-refractivity contribution in [3.63, 3.8) is 0 Å². The van der Waals surface area contributed by atoms with Crippen LogP contribution in [0.5, 0.6) is 0 Å². The zero-order valence-corrected chi connectivity index (χ0v) is 11.5. The summed E-state index contributed by atoms with van der Waals surface area (Å²) in [5, 5.41) is 1.20. The van der Waals surface area contributed by atoms with Crippen LogP contribution in [0.25, 0.3) is 0 Å². The predicted octanol–water partition coefficient (Wildman–Crippen LogP) is 1.21. The fourth-order valence-electron chi connectivity index (χ4n) is 1.61. The Morgan fingerprint density at radius 3 is 2.05 bits per heavy atom. The lowest BCUT2D eigenvalue weighted by Gasteiger charge is -2.26. The van der Waals surface area contributed by atoms with Crippen LogP contribution in [-0.4, -0.2) is 50.5 Å². The quantitative estimate of drug-likeness (QED) is 0.756. The minimum absolute atomic E-state index is 0.154. The van der Waals surface area contributed by atoms with Crippen molar-refractivity contribution in [2.75, 3.05) is 19.6 Å². The minimum atomic E-state index is -5.83. The second-order valence-corrected chi connectivity index (χ2v) is 6.12. The van der Waals surface area contributed by atoms with Crippen molar-refractivity contribution in [2.24, 2.45) is 0 Å². The third-order valence-electron chi connectivity index (χ3n) is 2.76. The number of urea groups is 1. The van der Waals surface area contributed by atoms with Crippen LogP contribution in [0.15, 0.2) is 0 Å². The summed E-state index contributed by atoms with van der Waals surface area (Å²) >= 11 is 0. The van der Waals surface area contributed by atoms with Gasteiger partial charge in [-0.2, -0.15) is 34.7 Å². The molecule has 0 bridgehead atoms. The summed E-state index contributed by atoms with van der Waals surface area (Å²) in [6, 6.07) is -1.63. The maximum atomic E-state index is 12.6. The van der Waals surface area contributed by atoms with Crippen molar-refractivity contribution in [1.29, 1.82) is 0 Å². The molecule has 124 valence electrons. The number of amides is 2. The van der Waals surface area contributed by atoms with Gasteiger partial charge in [0.2, 0.25) is 0 Å². The van der Waals surface area contributed by atoms with Crippen molar-refractivity contribution in [2.45, 2.75) is 31.4 Å². The van der Waals surface area contributed by atoms with Gasteiger partial charge in [-0.1, -0.05) is 6.42 Å². The van der Waals surface area contributed by atoms with Crippen LogP contribution in [0.2, 0.25) is 0 Å². The van der Waals surface area contributed by atoms with E-state index < -0.39 is 34.9 Å². The number of piperidine rings is 1. The Hall–Kier alpha value is -1.17. The average molecular weight is 339 g/mol. The molecule has 0 aromatic heterocycles. The van der Waals surface area contributed by atoms with Crippen molar-refractivity contribution in [3.8, 4) is 0 Å². The van der Waals surface area contributed by atoms with Gasteiger partial charge in [0.05, 0.1) is 6.54 Å². The molecule has 2 N–H and O–H groups in total. The molecule has 1 aliphatic heterocycles. The Morgan fingerprint density at radius 1 is 1.05 bits per heavy atom. The van der Waals surface area contributed by atoms with Gasteiger partial charge in [-0.3, -0.25) is 0 Å². The highest BCUT2D eigenvalue weighted by molar-refractivity contribution is 7.87. The summed E-state index contributed by atoms with van der Waals surface area (Å²) in [4.78, 5) is 11.1. The van der Waals surface area contributed by atoms with Gasteiger partial charge in [-0.05, 0) is 12.8 Å². The number of carbonyl (C=O) groups excluding carboxylic acids is 1. The van der Waals surface area contributed by atoms with E-state index in [0.717, 1.165) is 10.7 Å². The van der Waals surface area contributed by atoms with E-state index in [1.165, 1.54) is 10.0 Å².